The average molecular weight is 362 g/mol. The van der Waals surface area contributed by atoms with Gasteiger partial charge < -0.3 is 10.0 Å². The molecule has 1 aliphatic rings. The van der Waals surface area contributed by atoms with Gasteiger partial charge in [0.1, 0.15) is 12.2 Å². The highest BCUT2D eigenvalue weighted by Gasteiger charge is 2.50. The number of hydrogen-bond acceptors (Lipinski definition) is 4. The molecule has 3 aromatic rings. The molecule has 4 rings (SSSR count). The Bertz CT molecular complexity index is 954. The number of para-hydroxylation sites is 1. The van der Waals surface area contributed by atoms with Crippen molar-refractivity contribution in [2.24, 2.45) is 0 Å². The number of aliphatic hydroxyl groups is 1. The minimum Gasteiger partial charge on any atom is -0.394 e. The lowest BCUT2D eigenvalue weighted by atomic mass is 9.73. The van der Waals surface area contributed by atoms with Crippen molar-refractivity contribution in [3.05, 3.63) is 77.9 Å². The zero-order valence-corrected chi connectivity index (χ0v) is 15.2. The topological polar surface area (TPSA) is 71.2 Å². The minimum atomic E-state index is -0.743. The van der Waals surface area contributed by atoms with Gasteiger partial charge >= 0.3 is 0 Å². The van der Waals surface area contributed by atoms with Gasteiger partial charge in [0.2, 0.25) is 5.91 Å². The fraction of sp³-hybridized carbons (Fsp3) is 0.286. The van der Waals surface area contributed by atoms with E-state index < -0.39 is 5.41 Å². The van der Waals surface area contributed by atoms with Crippen molar-refractivity contribution in [2.45, 2.75) is 24.8 Å². The molecule has 0 aliphatic carbocycles. The maximum absolute atomic E-state index is 13.5. The van der Waals surface area contributed by atoms with E-state index in [9.17, 15) is 9.90 Å². The van der Waals surface area contributed by atoms with Crippen LogP contribution in [0.25, 0.3) is 0 Å². The Morgan fingerprint density at radius 1 is 1.04 bits per heavy atom. The fourth-order valence-corrected chi connectivity index (χ4v) is 4.04. The summed E-state index contributed by atoms with van der Waals surface area (Å²) in [4.78, 5) is 19.6. The van der Waals surface area contributed by atoms with E-state index in [0.29, 0.717) is 25.2 Å². The van der Waals surface area contributed by atoms with Crippen molar-refractivity contribution in [1.29, 1.82) is 0 Å². The van der Waals surface area contributed by atoms with Gasteiger partial charge in [0.15, 0.2) is 0 Å². The molecule has 0 saturated carbocycles. The highest BCUT2D eigenvalue weighted by molar-refractivity contribution is 6.08. The molecule has 2 heterocycles. The molecule has 0 bridgehead atoms. The van der Waals surface area contributed by atoms with Crippen LogP contribution in [0, 0.1) is 0 Å². The molecule has 1 atom stereocenters. The van der Waals surface area contributed by atoms with Crippen LogP contribution >= 0.6 is 0 Å². The van der Waals surface area contributed by atoms with Crippen molar-refractivity contribution in [1.82, 2.24) is 14.8 Å². The van der Waals surface area contributed by atoms with Gasteiger partial charge in [-0.3, -0.25) is 4.79 Å². The summed E-state index contributed by atoms with van der Waals surface area (Å²) in [6.07, 6.45) is 2.50. The van der Waals surface area contributed by atoms with Crippen LogP contribution in [0.3, 0.4) is 0 Å². The van der Waals surface area contributed by atoms with E-state index >= 15 is 0 Å². The summed E-state index contributed by atoms with van der Waals surface area (Å²) in [6, 6.07) is 18.0. The number of carbonyl (C=O) groups excluding carboxylic acids is 1. The maximum Gasteiger partial charge on any atom is 0.238 e. The summed E-state index contributed by atoms with van der Waals surface area (Å²) in [5, 5.41) is 13.5. The number of anilines is 1. The van der Waals surface area contributed by atoms with E-state index in [-0.39, 0.29) is 12.5 Å². The third-order valence-electron chi connectivity index (χ3n) is 5.31. The van der Waals surface area contributed by atoms with Crippen molar-refractivity contribution < 1.29 is 9.90 Å². The van der Waals surface area contributed by atoms with Crippen molar-refractivity contribution in [2.75, 3.05) is 18.6 Å². The molecule has 1 aliphatic heterocycles. The average Bonchev–Trinajstić information content (AvgIpc) is 3.21. The number of benzene rings is 2. The lowest BCUT2D eigenvalue weighted by Gasteiger charge is -2.28. The monoisotopic (exact) mass is 362 g/mol. The van der Waals surface area contributed by atoms with E-state index in [1.165, 1.54) is 6.33 Å². The zero-order chi connectivity index (χ0) is 18.9. The number of rotatable bonds is 6. The minimum absolute atomic E-state index is 0.0213. The molecule has 0 radical (unpaired) electrons. The van der Waals surface area contributed by atoms with Crippen LogP contribution in [0.15, 0.2) is 60.9 Å². The largest absolute Gasteiger partial charge is 0.394 e. The lowest BCUT2D eigenvalue weighted by Crippen LogP contribution is -2.43. The van der Waals surface area contributed by atoms with Crippen molar-refractivity contribution in [3.8, 4) is 0 Å². The first-order chi connectivity index (χ1) is 13.2. The van der Waals surface area contributed by atoms with Crippen LogP contribution in [0.2, 0.25) is 0 Å². The van der Waals surface area contributed by atoms with Crippen LogP contribution in [0.5, 0.6) is 0 Å². The molecule has 6 nitrogen and oxygen atoms in total. The molecule has 0 spiro atoms. The van der Waals surface area contributed by atoms with Gasteiger partial charge in [-0.25, -0.2) is 9.67 Å². The van der Waals surface area contributed by atoms with Gasteiger partial charge in [-0.15, -0.1) is 0 Å². The van der Waals surface area contributed by atoms with E-state index in [2.05, 4.69) is 22.2 Å². The van der Waals surface area contributed by atoms with Gasteiger partial charge in [-0.05, 0) is 23.6 Å². The molecule has 1 amide bonds. The number of fused-ring (bicyclic) bond motifs is 1. The smallest absolute Gasteiger partial charge is 0.238 e. The number of aliphatic hydroxyl groups excluding tert-OH is 1. The van der Waals surface area contributed by atoms with Crippen LogP contribution in [0.4, 0.5) is 5.69 Å². The van der Waals surface area contributed by atoms with Crippen LogP contribution in [0.1, 0.15) is 17.0 Å². The number of likely N-dealkylation sites (N-methyl/N-ethyl adjacent to an activating group) is 1. The Labute approximate surface area is 158 Å². The molecule has 27 heavy (non-hydrogen) atoms. The van der Waals surface area contributed by atoms with Crippen LogP contribution in [-0.2, 0) is 29.6 Å². The second-order valence-electron chi connectivity index (χ2n) is 6.93. The van der Waals surface area contributed by atoms with E-state index in [1.54, 1.807) is 9.58 Å². The van der Waals surface area contributed by atoms with E-state index in [1.807, 2.05) is 49.5 Å². The van der Waals surface area contributed by atoms with Crippen molar-refractivity contribution >= 4 is 11.6 Å². The van der Waals surface area contributed by atoms with Crippen LogP contribution < -0.4 is 4.90 Å². The maximum atomic E-state index is 13.5. The van der Waals surface area contributed by atoms with Crippen LogP contribution in [-0.4, -0.2) is 39.4 Å². The Kier molecular flexibility index (Phi) is 4.49. The molecule has 2 aromatic carbocycles. The third-order valence-corrected chi connectivity index (χ3v) is 5.31. The zero-order valence-electron chi connectivity index (χ0n) is 15.2. The molecule has 0 saturated heterocycles. The Morgan fingerprint density at radius 2 is 1.78 bits per heavy atom. The van der Waals surface area contributed by atoms with Gasteiger partial charge in [-0.2, -0.15) is 5.10 Å². The van der Waals surface area contributed by atoms with E-state index in [4.69, 9.17) is 0 Å². The standard InChI is InChI=1S/C21H22N4O2/c1-24-18-10-6-5-9-17(18)21(20(24)27,13-16-7-3-2-4-8-16)14-19-22-15-23-25(19)11-12-26/h2-10,15,26H,11-14H2,1H3. The lowest BCUT2D eigenvalue weighted by molar-refractivity contribution is -0.123. The second kappa shape index (κ2) is 6.96. The Morgan fingerprint density at radius 3 is 2.56 bits per heavy atom. The first kappa shape index (κ1) is 17.4. The first-order valence-corrected chi connectivity index (χ1v) is 9.05. The SMILES string of the molecule is CN1C(=O)C(Cc2ccccc2)(Cc2ncnn2CCO)c2ccccc21. The summed E-state index contributed by atoms with van der Waals surface area (Å²) in [5.41, 5.74) is 2.31. The quantitative estimate of drug-likeness (QED) is 0.728. The molecule has 0 fully saturated rings. The van der Waals surface area contributed by atoms with Gasteiger partial charge in [-0.1, -0.05) is 48.5 Å². The third kappa shape index (κ3) is 2.92. The molecular weight excluding hydrogens is 340 g/mol. The number of hydrogen-bond donors (Lipinski definition) is 1. The summed E-state index contributed by atoms with van der Waals surface area (Å²) < 4.78 is 1.68. The second-order valence-corrected chi connectivity index (χ2v) is 6.93. The molecular formula is C21H22N4O2. The Balaban J connectivity index is 1.84. The predicted molar refractivity (Wildman–Crippen MR) is 102 cm³/mol. The molecule has 1 unspecified atom stereocenters. The van der Waals surface area contributed by atoms with E-state index in [0.717, 1.165) is 16.8 Å². The van der Waals surface area contributed by atoms with Crippen molar-refractivity contribution in [3.63, 3.8) is 0 Å². The molecule has 6 heteroatoms. The van der Waals surface area contributed by atoms with Gasteiger partial charge in [0, 0.05) is 19.2 Å². The number of nitrogens with zero attached hydrogens (tertiary/aromatic N) is 4. The molecule has 1 N–H and O–H groups in total. The summed E-state index contributed by atoms with van der Waals surface area (Å²) in [6.45, 7) is 0.342. The normalized spacial score (nSPS) is 18.7. The molecule has 1 aromatic heterocycles. The fourth-order valence-electron chi connectivity index (χ4n) is 4.04. The predicted octanol–water partition coefficient (Wildman–Crippen LogP) is 1.97. The first-order valence-electron chi connectivity index (χ1n) is 9.05. The number of aromatic nitrogens is 3. The Hall–Kier alpha value is -2.99. The molecule has 138 valence electrons. The number of amides is 1. The summed E-state index contributed by atoms with van der Waals surface area (Å²) >= 11 is 0. The number of carbonyl (C=O) groups is 1. The highest BCUT2D eigenvalue weighted by Crippen LogP contribution is 2.45. The summed E-state index contributed by atoms with van der Waals surface area (Å²) in [7, 11) is 1.83. The highest BCUT2D eigenvalue weighted by atomic mass is 16.3. The van der Waals surface area contributed by atoms with Gasteiger partial charge in [0.25, 0.3) is 0 Å². The van der Waals surface area contributed by atoms with Gasteiger partial charge in [0.05, 0.1) is 18.6 Å². The summed E-state index contributed by atoms with van der Waals surface area (Å²) in [5.74, 6) is 0.768.